The molecule has 0 aliphatic heterocycles. The van der Waals surface area contributed by atoms with Crippen molar-refractivity contribution in [1.29, 1.82) is 0 Å². The van der Waals surface area contributed by atoms with Crippen LogP contribution in [0.4, 0.5) is 13.2 Å². The first-order valence-electron chi connectivity index (χ1n) is 13.9. The molecule has 4 saturated carbocycles. The van der Waals surface area contributed by atoms with Crippen LogP contribution in [0.3, 0.4) is 0 Å². The number of carbonyl (C=O) groups is 1. The highest BCUT2D eigenvalue weighted by Gasteiger charge is 2.60. The fourth-order valence-electron chi connectivity index (χ4n) is 9.25. The monoisotopic (exact) mass is 552 g/mol. The number of esters is 1. The van der Waals surface area contributed by atoms with Gasteiger partial charge in [-0.3, -0.25) is 9.35 Å². The third kappa shape index (κ3) is 5.20. The van der Waals surface area contributed by atoms with Crippen molar-refractivity contribution in [1.82, 2.24) is 0 Å². The van der Waals surface area contributed by atoms with Gasteiger partial charge in [-0.25, -0.2) is 4.39 Å². The summed E-state index contributed by atoms with van der Waals surface area (Å²) in [5.41, 5.74) is 0.501. The maximum absolute atomic E-state index is 13.6. The Labute approximate surface area is 218 Å². The van der Waals surface area contributed by atoms with E-state index in [0.29, 0.717) is 41.4 Å². The van der Waals surface area contributed by atoms with Gasteiger partial charge >= 0.3 is 21.3 Å². The number of aliphatic hydroxyl groups excluding tert-OH is 1. The second-order valence-electron chi connectivity index (χ2n) is 13.0. The summed E-state index contributed by atoms with van der Waals surface area (Å²) < 4.78 is 74.6. The molecule has 4 aliphatic rings. The molecule has 4 rings (SSSR count). The Bertz CT molecular complexity index is 960. The largest absolute Gasteiger partial charge is 0.462 e. The van der Waals surface area contributed by atoms with Crippen LogP contribution in [0.2, 0.25) is 0 Å². The summed E-state index contributed by atoms with van der Waals surface area (Å²) in [7, 11) is -5.94. The number of rotatable bonds is 8. The highest BCUT2D eigenvalue weighted by atomic mass is 32.2. The van der Waals surface area contributed by atoms with E-state index in [0.717, 1.165) is 32.1 Å². The number of aliphatic hydroxyl groups is 1. The predicted octanol–water partition coefficient (Wildman–Crippen LogP) is 5.78. The van der Waals surface area contributed by atoms with Crippen LogP contribution >= 0.6 is 0 Å². The quantitative estimate of drug-likeness (QED) is 0.292. The molecule has 4 aliphatic carbocycles. The summed E-state index contributed by atoms with van der Waals surface area (Å²) in [6.07, 6.45) is 6.94. The van der Waals surface area contributed by atoms with Crippen LogP contribution in [0.25, 0.3) is 0 Å². The van der Waals surface area contributed by atoms with Gasteiger partial charge in [0.15, 0.2) is 0 Å². The molecule has 10 heteroatoms. The molecular formula is C27H43F3O6S. The minimum absolute atomic E-state index is 0.0588. The average molecular weight is 553 g/mol. The van der Waals surface area contributed by atoms with Gasteiger partial charge < -0.3 is 9.84 Å². The highest BCUT2D eigenvalue weighted by Crippen LogP contribution is 2.68. The molecule has 37 heavy (non-hydrogen) atoms. The Morgan fingerprint density at radius 3 is 2.38 bits per heavy atom. The number of hydrogen-bond donors (Lipinski definition) is 2. The second-order valence-corrected chi connectivity index (χ2v) is 14.5. The third-order valence-electron chi connectivity index (χ3n) is 11.3. The number of carbonyl (C=O) groups excluding carboxylic acids is 1. The van der Waals surface area contributed by atoms with E-state index < -0.39 is 34.1 Å². The molecular weight excluding hydrogens is 509 g/mol. The minimum atomic E-state index is -5.94. The van der Waals surface area contributed by atoms with Crippen LogP contribution in [0, 0.1) is 46.3 Å². The third-order valence-corrected chi connectivity index (χ3v) is 12.2. The van der Waals surface area contributed by atoms with Crippen LogP contribution in [-0.2, 0) is 19.6 Å². The van der Waals surface area contributed by atoms with Crippen molar-refractivity contribution < 1.29 is 40.8 Å². The van der Waals surface area contributed by atoms with Crippen molar-refractivity contribution >= 4 is 16.1 Å². The van der Waals surface area contributed by atoms with Crippen LogP contribution in [-0.4, -0.2) is 48.2 Å². The van der Waals surface area contributed by atoms with Gasteiger partial charge in [-0.1, -0.05) is 20.8 Å². The molecule has 214 valence electrons. The van der Waals surface area contributed by atoms with Crippen LogP contribution in [0.1, 0.15) is 91.4 Å². The van der Waals surface area contributed by atoms with Gasteiger partial charge in [-0.05, 0) is 111 Å². The summed E-state index contributed by atoms with van der Waals surface area (Å²) in [6.45, 7) is 5.56. The maximum Gasteiger partial charge on any atom is 0.403 e. The summed E-state index contributed by atoms with van der Waals surface area (Å²) in [4.78, 5) is 12.1. The van der Waals surface area contributed by atoms with E-state index in [1.807, 2.05) is 0 Å². The van der Waals surface area contributed by atoms with Crippen molar-refractivity contribution in [2.24, 2.45) is 46.3 Å². The highest BCUT2D eigenvalue weighted by molar-refractivity contribution is 7.86. The number of hydrogen-bond acceptors (Lipinski definition) is 5. The van der Waals surface area contributed by atoms with Crippen molar-refractivity contribution in [2.75, 3.05) is 6.61 Å². The number of ether oxygens (including phenoxy) is 1. The SMILES string of the molecule is C[C@H](CCC(=O)OCC(F)C(F)(F)S(=O)(=O)O)[C@H]1CC[C@H]2[C@@H]3CC[C@@H]4C[C@H](O)CC[C@]4(C)[C@H]3CC[C@]12C. The summed E-state index contributed by atoms with van der Waals surface area (Å²) >= 11 is 0. The normalized spacial score (nSPS) is 41.7. The zero-order valence-electron chi connectivity index (χ0n) is 22.2. The van der Waals surface area contributed by atoms with E-state index >= 15 is 0 Å². The van der Waals surface area contributed by atoms with Gasteiger partial charge in [0.2, 0.25) is 6.17 Å². The minimum Gasteiger partial charge on any atom is -0.462 e. The van der Waals surface area contributed by atoms with E-state index in [-0.39, 0.29) is 23.9 Å². The topological polar surface area (TPSA) is 101 Å². The molecule has 6 nitrogen and oxygen atoms in total. The number of halogens is 3. The molecule has 1 unspecified atom stereocenters. The van der Waals surface area contributed by atoms with Crippen molar-refractivity contribution in [3.8, 4) is 0 Å². The summed E-state index contributed by atoms with van der Waals surface area (Å²) in [6, 6.07) is 0. The molecule has 0 aromatic carbocycles. The fraction of sp³-hybridized carbons (Fsp3) is 0.963. The Balaban J connectivity index is 1.32. The molecule has 0 aromatic rings. The summed E-state index contributed by atoms with van der Waals surface area (Å²) in [5.74, 6) is 2.45. The summed E-state index contributed by atoms with van der Waals surface area (Å²) in [5, 5.41) is 5.22. The van der Waals surface area contributed by atoms with Crippen molar-refractivity contribution in [3.63, 3.8) is 0 Å². The zero-order chi connectivity index (χ0) is 27.4. The van der Waals surface area contributed by atoms with E-state index in [4.69, 9.17) is 4.55 Å². The first kappa shape index (κ1) is 29.1. The van der Waals surface area contributed by atoms with Gasteiger partial charge in [0.05, 0.1) is 6.10 Å². The molecule has 0 saturated heterocycles. The lowest BCUT2D eigenvalue weighted by atomic mass is 9.44. The lowest BCUT2D eigenvalue weighted by Gasteiger charge is -2.61. The molecule has 0 spiro atoms. The zero-order valence-corrected chi connectivity index (χ0v) is 23.0. The molecule has 2 N–H and O–H groups in total. The molecule has 0 aromatic heterocycles. The first-order chi connectivity index (χ1) is 17.1. The Morgan fingerprint density at radius 1 is 1.05 bits per heavy atom. The van der Waals surface area contributed by atoms with E-state index in [1.165, 1.54) is 25.7 Å². The fourth-order valence-corrected chi connectivity index (χ4v) is 9.65. The van der Waals surface area contributed by atoms with Gasteiger partial charge in [-0.15, -0.1) is 0 Å². The lowest BCUT2D eigenvalue weighted by Crippen LogP contribution is -2.54. The van der Waals surface area contributed by atoms with Gasteiger partial charge in [0.25, 0.3) is 0 Å². The van der Waals surface area contributed by atoms with E-state index in [1.54, 1.807) is 0 Å². The lowest BCUT2D eigenvalue weighted by molar-refractivity contribution is -0.149. The van der Waals surface area contributed by atoms with E-state index in [2.05, 4.69) is 25.5 Å². The Kier molecular flexibility index (Phi) is 8.08. The second kappa shape index (κ2) is 10.3. The number of fused-ring (bicyclic) bond motifs is 5. The maximum atomic E-state index is 13.6. The van der Waals surface area contributed by atoms with E-state index in [9.17, 15) is 31.5 Å². The molecule has 0 amide bonds. The Morgan fingerprint density at radius 2 is 1.70 bits per heavy atom. The van der Waals surface area contributed by atoms with Crippen molar-refractivity contribution in [3.05, 3.63) is 0 Å². The van der Waals surface area contributed by atoms with Crippen molar-refractivity contribution in [2.45, 2.75) is 109 Å². The first-order valence-corrected chi connectivity index (χ1v) is 15.4. The molecule has 4 fully saturated rings. The Hall–Kier alpha value is -0.870. The average Bonchev–Trinajstić information content (AvgIpc) is 3.18. The molecule has 10 atom stereocenters. The number of alkyl halides is 3. The molecule has 0 bridgehead atoms. The van der Waals surface area contributed by atoms with Crippen LogP contribution in [0.5, 0.6) is 0 Å². The smallest absolute Gasteiger partial charge is 0.403 e. The molecule has 0 heterocycles. The van der Waals surface area contributed by atoms with Gasteiger partial charge in [0.1, 0.15) is 6.61 Å². The standard InChI is InChI=1S/C27H43F3O6S/c1-16(4-9-24(32)36-15-23(28)27(29,30)37(33,34)35)20-7-8-21-19-6-5-17-14-18(31)10-12-25(17,2)22(19)11-13-26(20,21)3/h16-23,31H,4-15H2,1-3H3,(H,33,34,35)/t16-,17-,18-,19+,20-,21+,22+,23?,25+,26-/m1/s1. The van der Waals surface area contributed by atoms with Gasteiger partial charge in [0, 0.05) is 6.42 Å². The predicted molar refractivity (Wildman–Crippen MR) is 132 cm³/mol. The van der Waals surface area contributed by atoms with Crippen LogP contribution in [0.15, 0.2) is 0 Å². The van der Waals surface area contributed by atoms with Gasteiger partial charge in [-0.2, -0.15) is 17.2 Å². The molecule has 0 radical (unpaired) electrons. The van der Waals surface area contributed by atoms with Crippen LogP contribution < -0.4 is 0 Å².